The second-order valence-electron chi connectivity index (χ2n) is 4.91. The normalized spacial score (nSPS) is 14.2. The van der Waals surface area contributed by atoms with Crippen LogP contribution in [0.1, 0.15) is 24.7 Å². The van der Waals surface area contributed by atoms with Crippen LogP contribution >= 0.6 is 27.5 Å². The minimum absolute atomic E-state index is 0.00426. The van der Waals surface area contributed by atoms with Crippen LogP contribution in [0.25, 0.3) is 0 Å². The van der Waals surface area contributed by atoms with Gasteiger partial charge in [0.1, 0.15) is 16.6 Å². The van der Waals surface area contributed by atoms with E-state index in [2.05, 4.69) is 36.2 Å². The fourth-order valence-electron chi connectivity index (χ4n) is 2.10. The average Bonchev–Trinajstić information content (AvgIpc) is 2.97. The number of ether oxygens (including phenoxy) is 1. The monoisotopic (exact) mass is 459 g/mol. The van der Waals surface area contributed by atoms with Crippen molar-refractivity contribution in [3.8, 4) is 5.75 Å². The van der Waals surface area contributed by atoms with Crippen molar-refractivity contribution >= 4 is 44.1 Å². The molecule has 1 aromatic heterocycles. The minimum Gasteiger partial charge on any atom is -0.405 e. The lowest BCUT2D eigenvalue weighted by molar-refractivity contribution is -0.274. The van der Waals surface area contributed by atoms with E-state index in [4.69, 9.17) is 11.6 Å². The van der Waals surface area contributed by atoms with Crippen LogP contribution in [0.3, 0.4) is 0 Å². The van der Waals surface area contributed by atoms with Gasteiger partial charge in [0, 0.05) is 23.2 Å². The summed E-state index contributed by atoms with van der Waals surface area (Å²) in [6.45, 7) is 4.12. The van der Waals surface area contributed by atoms with Crippen LogP contribution in [0.5, 0.6) is 5.75 Å². The molecule has 25 heavy (non-hydrogen) atoms. The Morgan fingerprint density at radius 1 is 1.48 bits per heavy atom. The second kappa shape index (κ2) is 7.96. The summed E-state index contributed by atoms with van der Waals surface area (Å²) < 4.78 is 54.2. The lowest BCUT2D eigenvalue weighted by Gasteiger charge is -2.18. The molecule has 2 aromatic rings. The van der Waals surface area contributed by atoms with Crippen LogP contribution in [-0.2, 0) is 10.8 Å². The molecule has 0 fully saturated rings. The van der Waals surface area contributed by atoms with Crippen molar-refractivity contribution in [2.75, 3.05) is 11.9 Å². The van der Waals surface area contributed by atoms with Gasteiger partial charge in [-0.25, -0.2) is 0 Å². The van der Waals surface area contributed by atoms with Crippen molar-refractivity contribution in [2.45, 2.75) is 30.5 Å². The number of nitrogens with zero attached hydrogens (tertiary/aromatic N) is 1. The molecular formula is C14H14BrClF3N3O2S. The Balaban J connectivity index is 2.35. The topological polar surface area (TPSA) is 67.0 Å². The zero-order valence-corrected chi connectivity index (χ0v) is 16.2. The molecule has 0 saturated heterocycles. The third-order valence-corrected chi connectivity index (χ3v) is 5.84. The summed E-state index contributed by atoms with van der Waals surface area (Å²) in [6, 6.07) is 3.94. The Morgan fingerprint density at radius 2 is 2.16 bits per heavy atom. The number of aromatic nitrogens is 2. The van der Waals surface area contributed by atoms with E-state index in [0.29, 0.717) is 17.4 Å². The number of hydrogen-bond donors (Lipinski definition) is 2. The molecule has 1 heterocycles. The smallest absolute Gasteiger partial charge is 0.405 e. The van der Waals surface area contributed by atoms with Crippen LogP contribution < -0.4 is 10.1 Å². The summed E-state index contributed by atoms with van der Waals surface area (Å²) >= 11 is 9.19. The maximum absolute atomic E-state index is 12.7. The maximum Gasteiger partial charge on any atom is 0.573 e. The van der Waals surface area contributed by atoms with Crippen LogP contribution in [0.15, 0.2) is 27.7 Å². The first-order valence-electron chi connectivity index (χ1n) is 7.07. The SMILES string of the molecule is CCNc1cc(S(=O)C(C)c2c(Cl)ccc(OC(F)(F)F)c2Br)[nH]n1. The van der Waals surface area contributed by atoms with Gasteiger partial charge >= 0.3 is 6.36 Å². The number of alkyl halides is 3. The first-order chi connectivity index (χ1) is 11.6. The first kappa shape index (κ1) is 20.1. The van der Waals surface area contributed by atoms with Gasteiger partial charge in [-0.3, -0.25) is 9.31 Å². The number of aromatic amines is 1. The largest absolute Gasteiger partial charge is 0.573 e. The van der Waals surface area contributed by atoms with Gasteiger partial charge in [-0.1, -0.05) is 11.6 Å². The molecular weight excluding hydrogens is 447 g/mol. The van der Waals surface area contributed by atoms with Gasteiger partial charge in [0.05, 0.1) is 20.5 Å². The molecule has 0 spiro atoms. The van der Waals surface area contributed by atoms with Gasteiger partial charge in [-0.05, 0) is 41.9 Å². The number of H-pyrrole nitrogens is 1. The van der Waals surface area contributed by atoms with E-state index in [9.17, 15) is 17.4 Å². The molecule has 11 heteroatoms. The van der Waals surface area contributed by atoms with Crippen molar-refractivity contribution in [1.82, 2.24) is 10.2 Å². The molecule has 0 aliphatic heterocycles. The lowest BCUT2D eigenvalue weighted by Crippen LogP contribution is -2.18. The van der Waals surface area contributed by atoms with Gasteiger partial charge in [-0.15, -0.1) is 13.2 Å². The van der Waals surface area contributed by atoms with Gasteiger partial charge in [0.25, 0.3) is 0 Å². The maximum atomic E-state index is 12.7. The Bertz CT molecular complexity index is 785. The molecule has 0 amide bonds. The highest BCUT2D eigenvalue weighted by Gasteiger charge is 2.33. The molecule has 0 saturated carbocycles. The number of anilines is 1. The number of hydrogen-bond acceptors (Lipinski definition) is 4. The van der Waals surface area contributed by atoms with Crippen molar-refractivity contribution < 1.29 is 22.1 Å². The lowest BCUT2D eigenvalue weighted by atomic mass is 10.1. The van der Waals surface area contributed by atoms with Gasteiger partial charge < -0.3 is 10.1 Å². The minimum atomic E-state index is -4.85. The molecule has 0 radical (unpaired) electrons. The Kier molecular flexibility index (Phi) is 6.39. The van der Waals surface area contributed by atoms with Gasteiger partial charge in [0.2, 0.25) is 0 Å². The fourth-order valence-corrected chi connectivity index (χ4v) is 4.73. The zero-order valence-electron chi connectivity index (χ0n) is 13.1. The second-order valence-corrected chi connectivity index (χ2v) is 7.85. The Labute approximate surface area is 157 Å². The molecule has 0 aliphatic carbocycles. The first-order valence-corrected chi connectivity index (χ1v) is 9.46. The summed E-state index contributed by atoms with van der Waals surface area (Å²) in [7, 11) is -1.62. The van der Waals surface area contributed by atoms with Crippen LogP contribution in [-0.4, -0.2) is 27.3 Å². The third kappa shape index (κ3) is 4.89. The number of nitrogens with one attached hydrogen (secondary N) is 2. The van der Waals surface area contributed by atoms with Crippen molar-refractivity contribution in [2.24, 2.45) is 0 Å². The summed E-state index contributed by atoms with van der Waals surface area (Å²) in [5, 5.41) is 9.37. The average molecular weight is 461 g/mol. The van der Waals surface area contributed by atoms with Gasteiger partial charge in [-0.2, -0.15) is 5.10 Å². The highest BCUT2D eigenvalue weighted by atomic mass is 79.9. The van der Waals surface area contributed by atoms with Crippen molar-refractivity contribution in [3.05, 3.63) is 33.3 Å². The van der Waals surface area contributed by atoms with E-state index in [1.807, 2.05) is 6.92 Å². The number of halogens is 5. The standard InChI is InChI=1S/C14H14BrClF3N3O2S/c1-3-20-10-6-11(22-21-10)25(23)7(2)12-8(16)4-5-9(13(12)15)24-14(17,18)19/h4-7H,3H2,1-2H3,(H2,20,21,22). The Morgan fingerprint density at radius 3 is 2.76 bits per heavy atom. The molecule has 138 valence electrons. The molecule has 0 bridgehead atoms. The van der Waals surface area contributed by atoms with E-state index in [-0.39, 0.29) is 15.1 Å². The molecule has 2 N–H and O–H groups in total. The van der Waals surface area contributed by atoms with Crippen molar-refractivity contribution in [1.29, 1.82) is 0 Å². The van der Waals surface area contributed by atoms with Crippen LogP contribution in [0.2, 0.25) is 5.02 Å². The quantitative estimate of drug-likeness (QED) is 0.635. The molecule has 1 aromatic carbocycles. The third-order valence-electron chi connectivity index (χ3n) is 3.17. The fraction of sp³-hybridized carbons (Fsp3) is 0.357. The number of benzene rings is 1. The summed E-state index contributed by atoms with van der Waals surface area (Å²) in [4.78, 5) is 0. The van der Waals surface area contributed by atoms with Crippen LogP contribution in [0, 0.1) is 0 Å². The molecule has 0 aliphatic rings. The van der Waals surface area contributed by atoms with E-state index in [1.54, 1.807) is 13.0 Å². The number of rotatable bonds is 6. The van der Waals surface area contributed by atoms with E-state index >= 15 is 0 Å². The van der Waals surface area contributed by atoms with E-state index in [1.165, 1.54) is 6.07 Å². The van der Waals surface area contributed by atoms with Crippen LogP contribution in [0.4, 0.5) is 19.0 Å². The molecule has 2 atom stereocenters. The Hall–Kier alpha value is -1.26. The van der Waals surface area contributed by atoms with E-state index in [0.717, 1.165) is 6.07 Å². The highest BCUT2D eigenvalue weighted by molar-refractivity contribution is 9.10. The van der Waals surface area contributed by atoms with E-state index < -0.39 is 28.2 Å². The molecule has 2 rings (SSSR count). The highest BCUT2D eigenvalue weighted by Crippen LogP contribution is 2.42. The molecule has 2 unspecified atom stereocenters. The summed E-state index contributed by atoms with van der Waals surface area (Å²) in [5.74, 6) is 0.0751. The van der Waals surface area contributed by atoms with Crippen molar-refractivity contribution in [3.63, 3.8) is 0 Å². The summed E-state index contributed by atoms with van der Waals surface area (Å²) in [6.07, 6.45) is -4.85. The van der Waals surface area contributed by atoms with Gasteiger partial charge in [0.15, 0.2) is 0 Å². The summed E-state index contributed by atoms with van der Waals surface area (Å²) in [5.41, 5.74) is 0.251. The zero-order chi connectivity index (χ0) is 18.8. The predicted octanol–water partition coefficient (Wildman–Crippen LogP) is 5.02. The predicted molar refractivity (Wildman–Crippen MR) is 93.4 cm³/mol. The molecule has 5 nitrogen and oxygen atoms in total.